The Kier molecular flexibility index (Phi) is 6.09. The number of allylic oxidation sites excluding steroid dienone is 8. The summed E-state index contributed by atoms with van der Waals surface area (Å²) >= 11 is 0. The Balaban J connectivity index is 1.92. The Labute approximate surface area is 227 Å². The van der Waals surface area contributed by atoms with E-state index in [1.807, 2.05) is 12.1 Å². The quantitative estimate of drug-likeness (QED) is 0.266. The Morgan fingerprint density at radius 3 is 1.20 bits per heavy atom. The predicted molar refractivity (Wildman–Crippen MR) is 142 cm³/mol. The maximum Gasteiger partial charge on any atom is 0.270 e. The van der Waals surface area contributed by atoms with E-state index in [-0.39, 0.29) is 44.8 Å². The molecule has 0 unspecified atom stereocenters. The first-order valence-electron chi connectivity index (χ1n) is 11.5. The van der Waals surface area contributed by atoms with Gasteiger partial charge in [0.05, 0.1) is 36.4 Å². The van der Waals surface area contributed by atoms with Crippen LogP contribution < -0.4 is 0 Å². The molecule has 3 aromatic carbocycles. The standard InChI is InChI=1S/C32H10F2N6/c1-39-27(15-37)31-23-11-22-24(12-21(23)25(13-35)29(31)17-3-7-19(33)8-4-17)32(28(16-38)40-2)30(26(22)14-36)18-5-9-20(34)10-6-18/h3-12H/b31-27-,32-28+. The van der Waals surface area contributed by atoms with Gasteiger partial charge in [-0.2, -0.15) is 10.5 Å². The van der Waals surface area contributed by atoms with Gasteiger partial charge in [0.1, 0.15) is 23.8 Å². The minimum atomic E-state index is -0.511. The zero-order chi connectivity index (χ0) is 28.6. The molecule has 0 radical (unpaired) electrons. The summed E-state index contributed by atoms with van der Waals surface area (Å²) < 4.78 is 27.4. The number of fused-ring (bicyclic) bond motifs is 2. The fourth-order valence-corrected chi connectivity index (χ4v) is 5.02. The minimum Gasteiger partial charge on any atom is -0.226 e. The Bertz CT molecular complexity index is 1870. The average molecular weight is 516 g/mol. The van der Waals surface area contributed by atoms with Crippen LogP contribution in [0, 0.1) is 70.1 Å². The molecule has 0 heterocycles. The van der Waals surface area contributed by atoms with Crippen molar-refractivity contribution in [2.24, 2.45) is 0 Å². The molecule has 0 spiro atoms. The van der Waals surface area contributed by atoms with Crippen LogP contribution in [0.3, 0.4) is 0 Å². The van der Waals surface area contributed by atoms with Gasteiger partial charge >= 0.3 is 0 Å². The van der Waals surface area contributed by atoms with Crippen molar-refractivity contribution in [1.29, 1.82) is 21.0 Å². The number of rotatable bonds is 2. The molecular formula is C32H10F2N6. The first-order chi connectivity index (χ1) is 19.4. The molecule has 8 heteroatoms. The zero-order valence-corrected chi connectivity index (χ0v) is 20.2. The highest BCUT2D eigenvalue weighted by Gasteiger charge is 2.36. The summed E-state index contributed by atoms with van der Waals surface area (Å²) in [6, 6.07) is 21.7. The smallest absolute Gasteiger partial charge is 0.226 e. The van der Waals surface area contributed by atoms with Crippen LogP contribution in [0.15, 0.2) is 72.1 Å². The average Bonchev–Trinajstić information content (AvgIpc) is 3.46. The van der Waals surface area contributed by atoms with Crippen LogP contribution in [0.25, 0.3) is 43.1 Å². The topological polar surface area (TPSA) is 104 Å². The Morgan fingerprint density at radius 1 is 0.575 bits per heavy atom. The molecule has 0 aliphatic heterocycles. The van der Waals surface area contributed by atoms with Gasteiger partial charge in [-0.3, -0.25) is 0 Å². The first-order valence-corrected chi connectivity index (χ1v) is 11.5. The van der Waals surface area contributed by atoms with Crippen LogP contribution in [0.1, 0.15) is 33.4 Å². The molecule has 0 amide bonds. The van der Waals surface area contributed by atoms with E-state index in [4.69, 9.17) is 13.1 Å². The van der Waals surface area contributed by atoms with Crippen molar-refractivity contribution in [3.8, 4) is 24.3 Å². The molecule has 40 heavy (non-hydrogen) atoms. The first kappa shape index (κ1) is 25.1. The van der Waals surface area contributed by atoms with Crippen molar-refractivity contribution in [2.75, 3.05) is 0 Å². The van der Waals surface area contributed by atoms with Crippen LogP contribution in [0.2, 0.25) is 0 Å². The molecule has 6 nitrogen and oxygen atoms in total. The summed E-state index contributed by atoms with van der Waals surface area (Å²) in [5, 5.41) is 40.1. The third-order valence-corrected chi connectivity index (χ3v) is 6.63. The van der Waals surface area contributed by atoms with Gasteiger partial charge in [-0.25, -0.2) is 29.0 Å². The summed E-state index contributed by atoms with van der Waals surface area (Å²) in [5.41, 5.74) is 2.52. The normalized spacial score (nSPS) is 15.5. The second-order valence-electron chi connectivity index (χ2n) is 8.58. The number of hydrogen-bond donors (Lipinski definition) is 0. The fraction of sp³-hybridized carbons (Fsp3) is 0. The molecule has 0 fully saturated rings. The van der Waals surface area contributed by atoms with E-state index in [0.717, 1.165) is 0 Å². The van der Waals surface area contributed by atoms with Gasteiger partial charge in [0.2, 0.25) is 0 Å². The SMILES string of the molecule is [C-]#[N+]/C(C#N)=C1\C(c2ccc(F)cc2)=C(C#N)c2cc3c(cc21)C(C#N)=C(c1ccc(F)cc1)/C3=C(\C#N)[N+]#[C-]. The molecule has 0 atom stereocenters. The van der Waals surface area contributed by atoms with Crippen molar-refractivity contribution in [3.05, 3.63) is 140 Å². The van der Waals surface area contributed by atoms with E-state index in [9.17, 15) is 29.8 Å². The number of benzene rings is 3. The van der Waals surface area contributed by atoms with Gasteiger partial charge in [0, 0.05) is 22.3 Å². The summed E-state index contributed by atoms with van der Waals surface area (Å²) in [6.07, 6.45) is 0. The molecule has 182 valence electrons. The highest BCUT2D eigenvalue weighted by Crippen LogP contribution is 2.54. The molecule has 2 aliphatic carbocycles. The van der Waals surface area contributed by atoms with Crippen LogP contribution in [-0.4, -0.2) is 0 Å². The monoisotopic (exact) mass is 516 g/mol. The number of nitriles is 4. The van der Waals surface area contributed by atoms with Gasteiger partial charge in [0.25, 0.3) is 11.4 Å². The third-order valence-electron chi connectivity index (χ3n) is 6.63. The van der Waals surface area contributed by atoms with Crippen LogP contribution in [0.4, 0.5) is 8.78 Å². The van der Waals surface area contributed by atoms with Gasteiger partial charge in [-0.1, -0.05) is 24.3 Å². The highest BCUT2D eigenvalue weighted by molar-refractivity contribution is 6.29. The molecule has 0 N–H and O–H groups in total. The van der Waals surface area contributed by atoms with E-state index >= 15 is 0 Å². The van der Waals surface area contributed by atoms with Gasteiger partial charge in [-0.15, -0.1) is 0 Å². The largest absolute Gasteiger partial charge is 0.270 e. The van der Waals surface area contributed by atoms with Crippen molar-refractivity contribution >= 4 is 33.4 Å². The molecular weight excluding hydrogens is 506 g/mol. The lowest BCUT2D eigenvalue weighted by Gasteiger charge is -2.11. The molecule has 0 saturated heterocycles. The Hall–Kier alpha value is -6.58. The molecule has 3 aromatic rings. The van der Waals surface area contributed by atoms with E-state index < -0.39 is 11.6 Å². The van der Waals surface area contributed by atoms with Crippen molar-refractivity contribution in [2.45, 2.75) is 0 Å². The lowest BCUT2D eigenvalue weighted by molar-refractivity contribution is 0.627. The second-order valence-corrected chi connectivity index (χ2v) is 8.58. The van der Waals surface area contributed by atoms with Crippen molar-refractivity contribution < 1.29 is 8.78 Å². The molecule has 0 saturated carbocycles. The van der Waals surface area contributed by atoms with Gasteiger partial charge in [0.15, 0.2) is 0 Å². The number of halogens is 2. The lowest BCUT2D eigenvalue weighted by atomic mass is 9.92. The molecule has 5 rings (SSSR count). The molecule has 0 aromatic heterocycles. The lowest BCUT2D eigenvalue weighted by Crippen LogP contribution is -1.94. The van der Waals surface area contributed by atoms with Crippen LogP contribution in [0.5, 0.6) is 0 Å². The van der Waals surface area contributed by atoms with Gasteiger partial charge < -0.3 is 0 Å². The second kappa shape index (κ2) is 9.71. The fourth-order valence-electron chi connectivity index (χ4n) is 5.02. The summed E-state index contributed by atoms with van der Waals surface area (Å²) in [4.78, 5) is 6.74. The maximum absolute atomic E-state index is 13.7. The van der Waals surface area contributed by atoms with E-state index in [0.29, 0.717) is 33.4 Å². The summed E-state index contributed by atoms with van der Waals surface area (Å²) in [6.45, 7) is 15.2. The number of nitrogens with zero attached hydrogens (tertiary/aromatic N) is 6. The Morgan fingerprint density at radius 2 is 0.925 bits per heavy atom. The zero-order valence-electron chi connectivity index (χ0n) is 20.2. The van der Waals surface area contributed by atoms with E-state index in [1.165, 1.54) is 48.5 Å². The maximum atomic E-state index is 13.7. The predicted octanol–water partition coefficient (Wildman–Crippen LogP) is 7.17. The van der Waals surface area contributed by atoms with Crippen LogP contribution in [-0.2, 0) is 0 Å². The van der Waals surface area contributed by atoms with Crippen molar-refractivity contribution in [3.63, 3.8) is 0 Å². The summed E-state index contributed by atoms with van der Waals surface area (Å²) in [5.74, 6) is -1.02. The van der Waals surface area contributed by atoms with Crippen LogP contribution >= 0.6 is 0 Å². The minimum absolute atomic E-state index is 0.102. The highest BCUT2D eigenvalue weighted by atomic mass is 19.1. The summed E-state index contributed by atoms with van der Waals surface area (Å²) in [7, 11) is 0. The van der Waals surface area contributed by atoms with E-state index in [2.05, 4.69) is 21.8 Å². The number of hydrogen-bond acceptors (Lipinski definition) is 4. The molecule has 2 aliphatic rings. The van der Waals surface area contributed by atoms with Crippen molar-refractivity contribution in [1.82, 2.24) is 0 Å². The van der Waals surface area contributed by atoms with E-state index in [1.54, 1.807) is 12.1 Å². The van der Waals surface area contributed by atoms with Gasteiger partial charge in [-0.05, 0) is 69.8 Å². The third kappa shape index (κ3) is 3.64. The molecule has 0 bridgehead atoms.